The van der Waals surface area contributed by atoms with E-state index < -0.39 is 4.92 Å². The highest BCUT2D eigenvalue weighted by atomic mass is 32.1. The highest BCUT2D eigenvalue weighted by molar-refractivity contribution is 7.17. The lowest BCUT2D eigenvalue weighted by atomic mass is 10.2. The predicted molar refractivity (Wildman–Crippen MR) is 94.0 cm³/mol. The van der Waals surface area contributed by atoms with Crippen molar-refractivity contribution in [3.8, 4) is 27.0 Å². The van der Waals surface area contributed by atoms with E-state index in [2.05, 4.69) is 15.2 Å². The second-order valence-corrected chi connectivity index (χ2v) is 6.46. The van der Waals surface area contributed by atoms with E-state index in [9.17, 15) is 10.1 Å². The number of nitrogens with zero attached hydrogens (tertiary/aromatic N) is 4. The third-order valence-electron chi connectivity index (χ3n) is 3.90. The van der Waals surface area contributed by atoms with Gasteiger partial charge in [-0.2, -0.15) is 4.63 Å². The molecule has 1 aromatic carbocycles. The molecule has 1 N–H and O–H groups in total. The number of nitrogens with one attached hydrogen (secondary N) is 1. The summed E-state index contributed by atoms with van der Waals surface area (Å²) in [5.74, 6) is 0.513. The fourth-order valence-electron chi connectivity index (χ4n) is 2.59. The summed E-state index contributed by atoms with van der Waals surface area (Å²) in [7, 11) is 1.64. The Bertz CT molecular complexity index is 1080. The van der Waals surface area contributed by atoms with Gasteiger partial charge in [-0.3, -0.25) is 15.2 Å². The average Bonchev–Trinajstić information content (AvgIpc) is 3.31. The molecule has 0 aliphatic heterocycles. The zero-order valence-corrected chi connectivity index (χ0v) is 14.2. The van der Waals surface area contributed by atoms with Crippen LogP contribution in [0.4, 0.5) is 5.69 Å². The first-order valence-electron chi connectivity index (χ1n) is 7.41. The van der Waals surface area contributed by atoms with Crippen molar-refractivity contribution in [2.24, 2.45) is 0 Å². The van der Waals surface area contributed by atoms with E-state index in [4.69, 9.17) is 4.74 Å². The number of aryl methyl sites for hydroxylation is 1. The smallest absolute Gasteiger partial charge is 0.269 e. The van der Waals surface area contributed by atoms with E-state index in [-0.39, 0.29) is 5.69 Å². The summed E-state index contributed by atoms with van der Waals surface area (Å²) in [4.78, 5) is 15.9. The van der Waals surface area contributed by atoms with Crippen molar-refractivity contribution in [3.05, 3.63) is 52.1 Å². The highest BCUT2D eigenvalue weighted by Gasteiger charge is 2.17. The second-order valence-electron chi connectivity index (χ2n) is 5.41. The van der Waals surface area contributed by atoms with Crippen LogP contribution in [0, 0.1) is 17.0 Å². The van der Waals surface area contributed by atoms with Crippen LogP contribution in [0.15, 0.2) is 36.4 Å². The van der Waals surface area contributed by atoms with Crippen LogP contribution in [0.5, 0.6) is 5.06 Å². The number of nitro groups is 1. The number of hydrogen-bond donors (Lipinski definition) is 1. The lowest BCUT2D eigenvalue weighted by molar-refractivity contribution is -0.384. The van der Waals surface area contributed by atoms with Crippen LogP contribution in [0.1, 0.15) is 5.56 Å². The summed E-state index contributed by atoms with van der Waals surface area (Å²) in [6.07, 6.45) is 0. The minimum Gasteiger partial charge on any atom is -0.487 e. The van der Waals surface area contributed by atoms with Crippen LogP contribution < -0.4 is 4.74 Å². The van der Waals surface area contributed by atoms with Crippen LogP contribution >= 0.6 is 11.3 Å². The third kappa shape index (κ3) is 2.54. The topological polar surface area (TPSA) is 98.3 Å². The molecule has 0 spiro atoms. The first-order valence-corrected chi connectivity index (χ1v) is 8.23. The fourth-order valence-corrected chi connectivity index (χ4v) is 3.47. The zero-order chi connectivity index (χ0) is 17.6. The molecule has 4 rings (SSSR count). The Morgan fingerprint density at radius 2 is 2.00 bits per heavy atom. The molecule has 3 aromatic heterocycles. The van der Waals surface area contributed by atoms with E-state index in [0.29, 0.717) is 5.82 Å². The number of non-ortho nitro benzene ring substituents is 1. The molecule has 0 aliphatic carbocycles. The molecule has 9 heteroatoms. The van der Waals surface area contributed by atoms with Crippen molar-refractivity contribution in [3.63, 3.8) is 0 Å². The van der Waals surface area contributed by atoms with Crippen molar-refractivity contribution in [1.29, 1.82) is 0 Å². The Balaban J connectivity index is 1.73. The molecule has 0 bridgehead atoms. The van der Waals surface area contributed by atoms with Gasteiger partial charge < -0.3 is 4.74 Å². The molecule has 0 radical (unpaired) electrons. The zero-order valence-electron chi connectivity index (χ0n) is 13.4. The minimum absolute atomic E-state index is 0.0404. The number of rotatable bonds is 4. The maximum Gasteiger partial charge on any atom is 0.269 e. The van der Waals surface area contributed by atoms with Gasteiger partial charge in [0.1, 0.15) is 0 Å². The summed E-state index contributed by atoms with van der Waals surface area (Å²) >= 11 is 1.54. The number of methoxy groups -OCH3 is 1. The standard InChI is InChI=1S/C16H13N5O3S/c1-9-14(12-7-8-13(24-2)25-12)18-20-16(9)17-15(19-20)10-3-5-11(6-4-10)21(22)23/h3-8,18H,1-2H3. The second kappa shape index (κ2) is 5.71. The van der Waals surface area contributed by atoms with Gasteiger partial charge in [0.2, 0.25) is 0 Å². The Labute approximate surface area is 145 Å². The van der Waals surface area contributed by atoms with Gasteiger partial charge in [0.25, 0.3) is 5.69 Å². The summed E-state index contributed by atoms with van der Waals surface area (Å²) in [5, 5.41) is 19.3. The number of benzene rings is 1. The Morgan fingerprint density at radius 3 is 2.60 bits per heavy atom. The van der Waals surface area contributed by atoms with Gasteiger partial charge in [0.15, 0.2) is 16.5 Å². The van der Waals surface area contributed by atoms with E-state index >= 15 is 0 Å². The molecule has 8 nitrogen and oxygen atoms in total. The Morgan fingerprint density at radius 1 is 1.24 bits per heavy atom. The maximum absolute atomic E-state index is 10.7. The number of ether oxygens (including phenoxy) is 1. The van der Waals surface area contributed by atoms with Gasteiger partial charge >= 0.3 is 0 Å². The predicted octanol–water partition coefficient (Wildman–Crippen LogP) is 3.68. The molecule has 0 amide bonds. The lowest BCUT2D eigenvalue weighted by Gasteiger charge is -1.96. The number of nitro benzene ring substituents is 1. The summed E-state index contributed by atoms with van der Waals surface area (Å²) in [5.41, 5.74) is 3.40. The summed E-state index contributed by atoms with van der Waals surface area (Å²) < 4.78 is 6.85. The van der Waals surface area contributed by atoms with Gasteiger partial charge in [-0.1, -0.05) is 11.3 Å². The Kier molecular flexibility index (Phi) is 3.50. The van der Waals surface area contributed by atoms with Crippen LogP contribution in [0.25, 0.3) is 27.6 Å². The van der Waals surface area contributed by atoms with E-state index in [1.54, 1.807) is 23.9 Å². The van der Waals surface area contributed by atoms with Gasteiger partial charge in [0, 0.05) is 23.3 Å². The molecule has 3 heterocycles. The number of H-pyrrole nitrogens is 1. The molecule has 25 heavy (non-hydrogen) atoms. The van der Waals surface area contributed by atoms with Crippen molar-refractivity contribution in [1.82, 2.24) is 19.8 Å². The molecule has 0 unspecified atom stereocenters. The maximum atomic E-state index is 10.7. The van der Waals surface area contributed by atoms with Crippen molar-refractivity contribution >= 4 is 22.7 Å². The molecule has 4 aromatic rings. The number of aromatic amines is 1. The van der Waals surface area contributed by atoms with Crippen molar-refractivity contribution < 1.29 is 9.66 Å². The first-order chi connectivity index (χ1) is 12.1. The fraction of sp³-hybridized carbons (Fsp3) is 0.125. The van der Waals surface area contributed by atoms with Crippen LogP contribution in [-0.2, 0) is 0 Å². The van der Waals surface area contributed by atoms with Gasteiger partial charge in [-0.05, 0) is 31.2 Å². The molecule has 0 fully saturated rings. The largest absolute Gasteiger partial charge is 0.487 e. The molecule has 126 valence electrons. The summed E-state index contributed by atoms with van der Waals surface area (Å²) in [6, 6.07) is 10.1. The third-order valence-corrected chi connectivity index (χ3v) is 4.96. The summed E-state index contributed by atoms with van der Waals surface area (Å²) in [6.45, 7) is 1.97. The van der Waals surface area contributed by atoms with E-state index in [1.807, 2.05) is 19.1 Å². The highest BCUT2D eigenvalue weighted by Crippen LogP contribution is 2.35. The van der Waals surface area contributed by atoms with Gasteiger partial charge in [0.05, 0.1) is 22.6 Å². The molecule has 0 atom stereocenters. The molecule has 0 saturated carbocycles. The van der Waals surface area contributed by atoms with Crippen molar-refractivity contribution in [2.75, 3.05) is 7.11 Å². The quantitative estimate of drug-likeness (QED) is 0.445. The normalized spacial score (nSPS) is 11.1. The molecular formula is C16H13N5O3S. The van der Waals surface area contributed by atoms with Gasteiger partial charge in [-0.25, -0.2) is 4.98 Å². The van der Waals surface area contributed by atoms with Gasteiger partial charge in [-0.15, -0.1) is 5.10 Å². The van der Waals surface area contributed by atoms with Crippen LogP contribution in [-0.4, -0.2) is 31.8 Å². The number of aromatic nitrogens is 4. The SMILES string of the molecule is COc1ccc(-c2[nH]n3nc(-c4ccc([N+](=O)[O-])cc4)nc3c2C)s1. The van der Waals surface area contributed by atoms with Crippen LogP contribution in [0.3, 0.4) is 0 Å². The first kappa shape index (κ1) is 15.3. The molecular weight excluding hydrogens is 342 g/mol. The van der Waals surface area contributed by atoms with Crippen LogP contribution in [0.2, 0.25) is 0 Å². The van der Waals surface area contributed by atoms with E-state index in [0.717, 1.165) is 32.4 Å². The monoisotopic (exact) mass is 355 g/mol. The molecule has 0 saturated heterocycles. The number of fused-ring (bicyclic) bond motifs is 1. The number of hydrogen-bond acceptors (Lipinski definition) is 6. The van der Waals surface area contributed by atoms with E-state index in [1.165, 1.54) is 23.5 Å². The number of thiophene rings is 1. The van der Waals surface area contributed by atoms with Crippen molar-refractivity contribution in [2.45, 2.75) is 6.92 Å². The lowest BCUT2D eigenvalue weighted by Crippen LogP contribution is -1.90. The molecule has 0 aliphatic rings. The Hall–Kier alpha value is -3.20. The minimum atomic E-state index is -0.430. The average molecular weight is 355 g/mol.